The Morgan fingerprint density at radius 3 is 2.13 bits per heavy atom. The van der Waals surface area contributed by atoms with Gasteiger partial charge in [0.1, 0.15) is 0 Å². The molecular weight excluding hydrogens is 211 g/mol. The Morgan fingerprint density at radius 2 is 1.80 bits per heavy atom. The van der Waals surface area contributed by atoms with Crippen LogP contribution in [0.5, 0.6) is 0 Å². The van der Waals surface area contributed by atoms with E-state index in [2.05, 4.69) is 38.4 Å². The molecule has 4 nitrogen and oxygen atoms in total. The molecule has 0 radical (unpaired) electrons. The van der Waals surface area contributed by atoms with Crippen LogP contribution >= 0.6 is 8.53 Å². The van der Waals surface area contributed by atoms with Gasteiger partial charge in [0.2, 0.25) is 0 Å². The van der Waals surface area contributed by atoms with Gasteiger partial charge in [0.25, 0.3) is 8.53 Å². The van der Waals surface area contributed by atoms with Crippen LogP contribution in [0.3, 0.4) is 0 Å². The first kappa shape index (κ1) is 14.8. The summed E-state index contributed by atoms with van der Waals surface area (Å²) < 4.78 is 13.1. The highest BCUT2D eigenvalue weighted by molar-refractivity contribution is 7.44. The molecule has 88 valence electrons. The van der Waals surface area contributed by atoms with Crippen molar-refractivity contribution in [2.45, 2.75) is 46.2 Å². The highest BCUT2D eigenvalue weighted by atomic mass is 31.2. The second-order valence-electron chi connectivity index (χ2n) is 3.73. The van der Waals surface area contributed by atoms with Gasteiger partial charge in [0.15, 0.2) is 0 Å². The molecular formula is C10H21N2O2P. The van der Waals surface area contributed by atoms with Crippen LogP contribution in [-0.4, -0.2) is 30.5 Å². The fourth-order valence-electron chi connectivity index (χ4n) is 1.36. The van der Waals surface area contributed by atoms with Gasteiger partial charge in [0, 0.05) is 19.2 Å². The van der Waals surface area contributed by atoms with Crippen molar-refractivity contribution in [3.8, 4) is 6.07 Å². The van der Waals surface area contributed by atoms with Crippen LogP contribution in [0, 0.1) is 11.3 Å². The molecule has 0 bridgehead atoms. The summed E-state index contributed by atoms with van der Waals surface area (Å²) in [6.07, 6.45) is 0.409. The highest BCUT2D eigenvalue weighted by Crippen LogP contribution is 2.44. The molecule has 0 unspecified atom stereocenters. The lowest BCUT2D eigenvalue weighted by Crippen LogP contribution is -2.33. The Kier molecular flexibility index (Phi) is 7.90. The van der Waals surface area contributed by atoms with E-state index in [0.717, 1.165) is 0 Å². The van der Waals surface area contributed by atoms with Crippen LogP contribution in [0.2, 0.25) is 0 Å². The first-order valence-corrected chi connectivity index (χ1v) is 6.30. The minimum atomic E-state index is -1.03. The van der Waals surface area contributed by atoms with Crippen LogP contribution in [0.25, 0.3) is 0 Å². The van der Waals surface area contributed by atoms with Gasteiger partial charge in [-0.1, -0.05) is 0 Å². The summed E-state index contributed by atoms with van der Waals surface area (Å²) in [5.41, 5.74) is 0. The molecule has 0 spiro atoms. The van der Waals surface area contributed by atoms with E-state index in [9.17, 15) is 0 Å². The van der Waals surface area contributed by atoms with E-state index >= 15 is 0 Å². The zero-order valence-corrected chi connectivity index (χ0v) is 11.1. The predicted molar refractivity (Wildman–Crippen MR) is 62.2 cm³/mol. The van der Waals surface area contributed by atoms with E-state index in [-0.39, 0.29) is 0 Å². The molecule has 0 N–H and O–H groups in total. The molecule has 0 saturated carbocycles. The number of rotatable bonds is 7. The lowest BCUT2D eigenvalue weighted by atomic mass is 10.3. The monoisotopic (exact) mass is 232 g/mol. The van der Waals surface area contributed by atoms with Crippen molar-refractivity contribution in [3.63, 3.8) is 0 Å². The zero-order valence-electron chi connectivity index (χ0n) is 10.2. The molecule has 0 heterocycles. The predicted octanol–water partition coefficient (Wildman–Crippen LogP) is 2.91. The van der Waals surface area contributed by atoms with Crippen molar-refractivity contribution in [2.24, 2.45) is 0 Å². The van der Waals surface area contributed by atoms with Gasteiger partial charge in [-0.2, -0.15) is 5.26 Å². The van der Waals surface area contributed by atoms with Gasteiger partial charge < -0.3 is 9.05 Å². The van der Waals surface area contributed by atoms with Crippen molar-refractivity contribution in [3.05, 3.63) is 0 Å². The maximum absolute atomic E-state index is 8.43. The minimum absolute atomic E-state index is 0.373. The lowest BCUT2D eigenvalue weighted by Gasteiger charge is -2.34. The van der Waals surface area contributed by atoms with E-state index in [1.807, 2.05) is 0 Å². The topological polar surface area (TPSA) is 45.5 Å². The summed E-state index contributed by atoms with van der Waals surface area (Å²) in [6, 6.07) is 2.80. The van der Waals surface area contributed by atoms with Gasteiger partial charge in [-0.15, -0.1) is 0 Å². The van der Waals surface area contributed by atoms with E-state index in [1.54, 1.807) is 7.11 Å². The van der Waals surface area contributed by atoms with Crippen LogP contribution < -0.4 is 0 Å². The molecule has 0 aromatic heterocycles. The molecule has 0 aromatic rings. The second-order valence-corrected chi connectivity index (χ2v) is 5.29. The third-order valence-corrected chi connectivity index (χ3v) is 3.84. The van der Waals surface area contributed by atoms with Crippen LogP contribution in [0.1, 0.15) is 34.1 Å². The number of hydrogen-bond acceptors (Lipinski definition) is 4. The molecule has 0 amide bonds. The minimum Gasteiger partial charge on any atom is -0.325 e. The third-order valence-electron chi connectivity index (χ3n) is 1.82. The molecule has 0 rings (SSSR count). The molecule has 0 saturated heterocycles. The van der Waals surface area contributed by atoms with Gasteiger partial charge in [-0.25, -0.2) is 4.67 Å². The van der Waals surface area contributed by atoms with Crippen molar-refractivity contribution < 1.29 is 9.05 Å². The van der Waals surface area contributed by atoms with Crippen molar-refractivity contribution >= 4 is 8.53 Å². The summed E-state index contributed by atoms with van der Waals surface area (Å²) in [5.74, 6) is 0. The fourth-order valence-corrected chi connectivity index (χ4v) is 2.79. The summed E-state index contributed by atoms with van der Waals surface area (Å²) in [4.78, 5) is 0. The third kappa shape index (κ3) is 5.44. The zero-order chi connectivity index (χ0) is 11.8. The van der Waals surface area contributed by atoms with Crippen molar-refractivity contribution in [1.82, 2.24) is 4.67 Å². The first-order valence-electron chi connectivity index (χ1n) is 5.17. The quantitative estimate of drug-likeness (QED) is 0.500. The Hall–Kier alpha value is -0.200. The largest absolute Gasteiger partial charge is 0.325 e. The average Bonchev–Trinajstić information content (AvgIpc) is 2.15. The van der Waals surface area contributed by atoms with Crippen molar-refractivity contribution in [1.29, 1.82) is 5.26 Å². The van der Waals surface area contributed by atoms with Gasteiger partial charge >= 0.3 is 0 Å². The van der Waals surface area contributed by atoms with E-state index in [0.29, 0.717) is 25.1 Å². The second kappa shape index (κ2) is 8.01. The molecule has 15 heavy (non-hydrogen) atoms. The maximum Gasteiger partial charge on any atom is 0.258 e. The number of hydrogen-bond donors (Lipinski definition) is 0. The van der Waals surface area contributed by atoms with Crippen LogP contribution in [-0.2, 0) is 9.05 Å². The average molecular weight is 232 g/mol. The van der Waals surface area contributed by atoms with Gasteiger partial charge in [-0.3, -0.25) is 0 Å². The summed E-state index contributed by atoms with van der Waals surface area (Å²) >= 11 is 0. The van der Waals surface area contributed by atoms with E-state index in [4.69, 9.17) is 14.3 Å². The molecule has 5 heteroatoms. The number of nitriles is 1. The van der Waals surface area contributed by atoms with Gasteiger partial charge in [0.05, 0.1) is 19.1 Å². The Morgan fingerprint density at radius 1 is 1.27 bits per heavy atom. The molecule has 1 atom stereocenters. The number of nitrogens with zero attached hydrogens (tertiary/aromatic N) is 2. The Bertz CT molecular complexity index is 196. The van der Waals surface area contributed by atoms with Crippen LogP contribution in [0.4, 0.5) is 0 Å². The van der Waals surface area contributed by atoms with Crippen LogP contribution in [0.15, 0.2) is 0 Å². The highest BCUT2D eigenvalue weighted by Gasteiger charge is 2.25. The molecule has 0 aromatic carbocycles. The van der Waals surface area contributed by atoms with E-state index in [1.165, 1.54) is 0 Å². The summed E-state index contributed by atoms with van der Waals surface area (Å²) in [6.45, 7) is 8.89. The Balaban J connectivity index is 4.27. The maximum atomic E-state index is 8.43. The first-order chi connectivity index (χ1) is 7.04. The normalized spacial score (nSPS) is 13.5. The molecule has 0 fully saturated rings. The SMILES string of the molecule is CO[P@@](OCCC#N)N(C(C)C)C(C)C. The standard InChI is InChI=1S/C10H21N2O2P/c1-9(2)12(10(3)4)15(13-5)14-8-6-7-11/h9-10H,6,8H2,1-5H3/t15-/m0/s1. The molecule has 0 aliphatic heterocycles. The Labute approximate surface area is 94.1 Å². The summed E-state index contributed by atoms with van der Waals surface area (Å²) in [5, 5.41) is 8.43. The fraction of sp³-hybridized carbons (Fsp3) is 0.900. The summed E-state index contributed by atoms with van der Waals surface area (Å²) in [7, 11) is 0.618. The van der Waals surface area contributed by atoms with Gasteiger partial charge in [-0.05, 0) is 27.7 Å². The molecule has 0 aliphatic rings. The van der Waals surface area contributed by atoms with Crippen molar-refractivity contribution in [2.75, 3.05) is 13.7 Å². The lowest BCUT2D eigenvalue weighted by molar-refractivity contribution is 0.197. The van der Waals surface area contributed by atoms with E-state index < -0.39 is 8.53 Å². The molecule has 0 aliphatic carbocycles. The smallest absolute Gasteiger partial charge is 0.258 e.